The molecule has 0 aliphatic carbocycles. The van der Waals surface area contributed by atoms with Crippen molar-refractivity contribution in [3.63, 3.8) is 0 Å². The average Bonchev–Trinajstić information content (AvgIpc) is 2.02. The highest BCUT2D eigenvalue weighted by atomic mass is 35.5. The molecule has 1 atom stereocenters. The van der Waals surface area contributed by atoms with E-state index in [4.69, 9.17) is 34.8 Å². The van der Waals surface area contributed by atoms with E-state index < -0.39 is 10.4 Å². The van der Waals surface area contributed by atoms with Crippen molar-refractivity contribution in [3.05, 3.63) is 34.9 Å². The van der Waals surface area contributed by atoms with E-state index in [0.717, 1.165) is 5.56 Å². The van der Waals surface area contributed by atoms with Gasteiger partial charge in [0.25, 0.3) is 0 Å². The minimum Gasteiger partial charge on any atom is -0.388 e. The number of benzene rings is 1. The fourth-order valence-corrected chi connectivity index (χ4v) is 1.56. The molecule has 0 bridgehead atoms. The van der Waals surface area contributed by atoms with Crippen molar-refractivity contribution in [2.24, 2.45) is 0 Å². The zero-order chi connectivity index (χ0) is 10.8. The third-order valence-corrected chi connectivity index (χ3v) is 2.37. The normalized spacial score (nSPS) is 14.1. The molecule has 1 N–H and O–H groups in total. The summed E-state index contributed by atoms with van der Waals surface area (Å²) < 4.78 is -0.918. The minimum atomic E-state index is -0.918. The fraction of sp³-hybridized carbons (Fsp3) is 0.400. The number of aliphatic hydroxyl groups excluding tert-OH is 1. The van der Waals surface area contributed by atoms with Crippen LogP contribution in [0.1, 0.15) is 25.0 Å². The summed E-state index contributed by atoms with van der Waals surface area (Å²) in [7, 11) is 0. The maximum atomic E-state index is 9.74. The summed E-state index contributed by atoms with van der Waals surface area (Å²) in [5, 5.41) is 10.4. The minimum absolute atomic E-state index is 0.289. The van der Waals surface area contributed by atoms with Crippen molar-refractivity contribution in [1.29, 1.82) is 0 Å². The molecular weight excluding hydrogens is 242 g/mol. The van der Waals surface area contributed by atoms with Crippen LogP contribution >= 0.6 is 34.8 Å². The van der Waals surface area contributed by atoms with Crippen LogP contribution < -0.4 is 0 Å². The molecule has 0 heterocycles. The van der Waals surface area contributed by atoms with Gasteiger partial charge in [-0.1, -0.05) is 23.7 Å². The Kier molecular flexibility index (Phi) is 4.08. The Morgan fingerprint density at radius 3 is 2.21 bits per heavy atom. The van der Waals surface area contributed by atoms with Crippen LogP contribution in [-0.4, -0.2) is 9.44 Å². The van der Waals surface area contributed by atoms with Crippen molar-refractivity contribution >= 4 is 34.8 Å². The van der Waals surface area contributed by atoms with Gasteiger partial charge in [-0.15, -0.1) is 23.2 Å². The lowest BCUT2D eigenvalue weighted by molar-refractivity contribution is 0.163. The number of halogens is 3. The summed E-state index contributed by atoms with van der Waals surface area (Å²) in [5.74, 6) is 0. The van der Waals surface area contributed by atoms with Gasteiger partial charge < -0.3 is 5.11 Å². The van der Waals surface area contributed by atoms with Crippen LogP contribution in [0.15, 0.2) is 24.3 Å². The molecule has 0 aromatic heterocycles. The molecular formula is C10H11Cl3O. The van der Waals surface area contributed by atoms with Crippen LogP contribution in [-0.2, 0) is 0 Å². The molecule has 1 unspecified atom stereocenters. The van der Waals surface area contributed by atoms with Crippen molar-refractivity contribution in [3.8, 4) is 0 Å². The monoisotopic (exact) mass is 252 g/mol. The van der Waals surface area contributed by atoms with Gasteiger partial charge in [0.05, 0.1) is 6.10 Å². The van der Waals surface area contributed by atoms with E-state index in [1.165, 1.54) is 0 Å². The molecule has 1 nitrogen and oxygen atoms in total. The lowest BCUT2D eigenvalue weighted by atomic mass is 10.1. The zero-order valence-electron chi connectivity index (χ0n) is 7.67. The van der Waals surface area contributed by atoms with Crippen molar-refractivity contribution in [2.75, 3.05) is 0 Å². The Morgan fingerprint density at radius 2 is 1.79 bits per heavy atom. The molecule has 1 aromatic carbocycles. The van der Waals surface area contributed by atoms with Crippen molar-refractivity contribution < 1.29 is 5.11 Å². The predicted octanol–water partition coefficient (Wildman–Crippen LogP) is 3.96. The Labute approximate surface area is 98.6 Å². The smallest absolute Gasteiger partial charge is 0.118 e. The summed E-state index contributed by atoms with van der Waals surface area (Å²) in [5.41, 5.74) is 0.766. The second-order valence-corrected chi connectivity index (χ2v) is 5.64. The Bertz CT molecular complexity index is 289. The van der Waals surface area contributed by atoms with E-state index in [2.05, 4.69) is 0 Å². The lowest BCUT2D eigenvalue weighted by Crippen LogP contribution is -2.12. The van der Waals surface area contributed by atoms with Crippen LogP contribution in [0, 0.1) is 0 Å². The summed E-state index contributed by atoms with van der Waals surface area (Å²) >= 11 is 17.3. The Balaban J connectivity index is 2.70. The summed E-state index contributed by atoms with van der Waals surface area (Å²) in [4.78, 5) is 0. The quantitative estimate of drug-likeness (QED) is 0.809. The molecule has 0 aliphatic rings. The fourth-order valence-electron chi connectivity index (χ4n) is 1.14. The van der Waals surface area contributed by atoms with Gasteiger partial charge in [-0.25, -0.2) is 0 Å². The van der Waals surface area contributed by atoms with Gasteiger partial charge in [0.15, 0.2) is 0 Å². The van der Waals surface area contributed by atoms with Crippen molar-refractivity contribution in [2.45, 2.75) is 23.8 Å². The van der Waals surface area contributed by atoms with Gasteiger partial charge in [0.2, 0.25) is 0 Å². The van der Waals surface area contributed by atoms with E-state index in [-0.39, 0.29) is 6.42 Å². The largest absolute Gasteiger partial charge is 0.388 e. The third-order valence-electron chi connectivity index (χ3n) is 1.81. The first-order valence-electron chi connectivity index (χ1n) is 4.20. The van der Waals surface area contributed by atoms with Gasteiger partial charge >= 0.3 is 0 Å². The molecule has 0 saturated heterocycles. The molecule has 14 heavy (non-hydrogen) atoms. The van der Waals surface area contributed by atoms with Crippen LogP contribution in [0.2, 0.25) is 5.02 Å². The standard InChI is InChI=1S/C10H11Cl3O/c1-10(12,13)6-9(14)7-2-4-8(11)5-3-7/h2-5,9,14H,6H2,1H3. The van der Waals surface area contributed by atoms with Gasteiger partial charge in [-0.05, 0) is 24.6 Å². The highest BCUT2D eigenvalue weighted by molar-refractivity contribution is 6.48. The first kappa shape index (κ1) is 12.1. The van der Waals surface area contributed by atoms with Crippen LogP contribution in [0.5, 0.6) is 0 Å². The Hall–Kier alpha value is 0.0500. The molecule has 0 fully saturated rings. The van der Waals surface area contributed by atoms with E-state index >= 15 is 0 Å². The van der Waals surface area contributed by atoms with Gasteiger partial charge in [0, 0.05) is 11.4 Å². The number of hydrogen-bond donors (Lipinski definition) is 1. The molecule has 78 valence electrons. The maximum absolute atomic E-state index is 9.74. The molecule has 0 radical (unpaired) electrons. The van der Waals surface area contributed by atoms with E-state index in [1.54, 1.807) is 31.2 Å². The topological polar surface area (TPSA) is 20.2 Å². The molecule has 0 amide bonds. The number of hydrogen-bond acceptors (Lipinski definition) is 1. The van der Waals surface area contributed by atoms with Crippen LogP contribution in [0.25, 0.3) is 0 Å². The molecule has 4 heteroatoms. The van der Waals surface area contributed by atoms with Crippen LogP contribution in [0.4, 0.5) is 0 Å². The number of rotatable bonds is 3. The van der Waals surface area contributed by atoms with Crippen molar-refractivity contribution in [1.82, 2.24) is 0 Å². The Morgan fingerprint density at radius 1 is 1.29 bits per heavy atom. The molecule has 1 rings (SSSR count). The second-order valence-electron chi connectivity index (χ2n) is 3.34. The zero-order valence-corrected chi connectivity index (χ0v) is 9.94. The average molecular weight is 254 g/mol. The van der Waals surface area contributed by atoms with Gasteiger partial charge in [0.1, 0.15) is 4.33 Å². The molecule has 0 aliphatic heterocycles. The number of aliphatic hydroxyl groups is 1. The van der Waals surface area contributed by atoms with Crippen LogP contribution in [0.3, 0.4) is 0 Å². The second kappa shape index (κ2) is 4.71. The predicted molar refractivity (Wildman–Crippen MR) is 61.1 cm³/mol. The first-order chi connectivity index (χ1) is 6.38. The van der Waals surface area contributed by atoms with E-state index in [1.807, 2.05) is 0 Å². The summed E-state index contributed by atoms with van der Waals surface area (Å²) in [6.07, 6.45) is -0.371. The maximum Gasteiger partial charge on any atom is 0.118 e. The number of alkyl halides is 2. The first-order valence-corrected chi connectivity index (χ1v) is 5.33. The SMILES string of the molecule is CC(Cl)(Cl)CC(O)c1ccc(Cl)cc1. The van der Waals surface area contributed by atoms with Gasteiger partial charge in [-0.3, -0.25) is 0 Å². The summed E-state index contributed by atoms with van der Waals surface area (Å²) in [6.45, 7) is 1.65. The molecule has 0 saturated carbocycles. The highest BCUT2D eigenvalue weighted by Gasteiger charge is 2.22. The summed E-state index contributed by atoms with van der Waals surface area (Å²) in [6, 6.07) is 6.96. The highest BCUT2D eigenvalue weighted by Crippen LogP contribution is 2.32. The van der Waals surface area contributed by atoms with Gasteiger partial charge in [-0.2, -0.15) is 0 Å². The van der Waals surface area contributed by atoms with E-state index in [0.29, 0.717) is 5.02 Å². The third kappa shape index (κ3) is 4.05. The lowest BCUT2D eigenvalue weighted by Gasteiger charge is -2.18. The van der Waals surface area contributed by atoms with E-state index in [9.17, 15) is 5.11 Å². The molecule has 1 aromatic rings. The molecule has 0 spiro atoms.